The third-order valence-corrected chi connectivity index (χ3v) is 10.4. The third-order valence-electron chi connectivity index (χ3n) is 9.57. The molecular formula is C28H34N4O2S. The molecule has 6 atom stereocenters. The summed E-state index contributed by atoms with van der Waals surface area (Å²) in [6.45, 7) is 5.86. The number of anilines is 1. The van der Waals surface area contributed by atoms with Gasteiger partial charge in [-0.3, -0.25) is 19.4 Å². The molecule has 2 aliphatic heterocycles. The minimum atomic E-state index is -0.0607. The van der Waals surface area contributed by atoms with Crippen molar-refractivity contribution in [2.45, 2.75) is 32.1 Å². The zero-order valence-corrected chi connectivity index (χ0v) is 21.0. The lowest BCUT2D eigenvalue weighted by molar-refractivity contribution is -0.142. The van der Waals surface area contributed by atoms with Crippen molar-refractivity contribution in [2.24, 2.45) is 35.5 Å². The molecule has 5 aliphatic rings. The molecule has 3 heterocycles. The van der Waals surface area contributed by atoms with Crippen LogP contribution in [0.2, 0.25) is 0 Å². The van der Waals surface area contributed by atoms with Gasteiger partial charge in [0.1, 0.15) is 5.82 Å². The predicted octanol–water partition coefficient (Wildman–Crippen LogP) is 4.03. The van der Waals surface area contributed by atoms with Crippen LogP contribution in [-0.2, 0) is 9.59 Å². The maximum absolute atomic E-state index is 13.2. The first-order chi connectivity index (χ1) is 17.2. The van der Waals surface area contributed by atoms with E-state index >= 15 is 0 Å². The van der Waals surface area contributed by atoms with Crippen LogP contribution in [0.15, 0.2) is 36.4 Å². The number of aromatic nitrogens is 1. The lowest BCUT2D eigenvalue weighted by Crippen LogP contribution is -2.49. The van der Waals surface area contributed by atoms with Crippen molar-refractivity contribution in [3.05, 3.63) is 36.4 Å². The van der Waals surface area contributed by atoms with Crippen molar-refractivity contribution >= 4 is 39.3 Å². The molecule has 35 heavy (non-hydrogen) atoms. The molecule has 1 unspecified atom stereocenters. The molecular weight excluding hydrogens is 456 g/mol. The van der Waals surface area contributed by atoms with Gasteiger partial charge in [-0.2, -0.15) is 4.37 Å². The Morgan fingerprint density at radius 1 is 0.857 bits per heavy atom. The average molecular weight is 491 g/mol. The van der Waals surface area contributed by atoms with E-state index in [1.165, 1.54) is 29.3 Å². The number of piperazine rings is 1. The van der Waals surface area contributed by atoms with Gasteiger partial charge in [-0.15, -0.1) is 0 Å². The summed E-state index contributed by atoms with van der Waals surface area (Å²) in [5, 5.41) is 1.27. The van der Waals surface area contributed by atoms with Gasteiger partial charge >= 0.3 is 0 Å². The molecule has 0 radical (unpaired) electrons. The molecule has 0 spiro atoms. The van der Waals surface area contributed by atoms with Crippen LogP contribution in [0.5, 0.6) is 0 Å². The van der Waals surface area contributed by atoms with E-state index in [1.807, 2.05) is 0 Å². The first-order valence-corrected chi connectivity index (χ1v) is 14.3. The van der Waals surface area contributed by atoms with Gasteiger partial charge in [-0.05, 0) is 66.6 Å². The van der Waals surface area contributed by atoms with E-state index in [0.29, 0.717) is 30.2 Å². The van der Waals surface area contributed by atoms with Crippen molar-refractivity contribution in [3.8, 4) is 0 Å². The Morgan fingerprint density at radius 2 is 1.51 bits per heavy atom. The molecule has 1 aromatic carbocycles. The van der Waals surface area contributed by atoms with Crippen molar-refractivity contribution in [1.29, 1.82) is 0 Å². The van der Waals surface area contributed by atoms with Crippen LogP contribution in [-0.4, -0.2) is 65.3 Å². The number of nitrogens with zero attached hydrogens (tertiary/aromatic N) is 4. The molecule has 2 saturated carbocycles. The Morgan fingerprint density at radius 3 is 2.23 bits per heavy atom. The van der Waals surface area contributed by atoms with Gasteiger partial charge < -0.3 is 4.90 Å². The highest BCUT2D eigenvalue weighted by molar-refractivity contribution is 7.13. The minimum absolute atomic E-state index is 0.0607. The highest BCUT2D eigenvalue weighted by Gasteiger charge is 2.59. The van der Waals surface area contributed by atoms with Gasteiger partial charge in [0.25, 0.3) is 0 Å². The molecule has 7 heteroatoms. The number of rotatable bonds is 5. The van der Waals surface area contributed by atoms with Crippen LogP contribution in [0.3, 0.4) is 0 Å². The number of allylic oxidation sites excluding steroid dienone is 2. The first-order valence-electron chi connectivity index (χ1n) is 13.5. The van der Waals surface area contributed by atoms with Crippen LogP contribution in [0.4, 0.5) is 5.82 Å². The third kappa shape index (κ3) is 3.65. The summed E-state index contributed by atoms with van der Waals surface area (Å²) < 4.78 is 6.02. The normalized spacial score (nSPS) is 35.0. The predicted molar refractivity (Wildman–Crippen MR) is 138 cm³/mol. The molecule has 3 aliphatic carbocycles. The number of likely N-dealkylation sites (tertiary alicyclic amines) is 1. The minimum Gasteiger partial charge on any atom is -0.353 e. The Balaban J connectivity index is 0.987. The lowest BCUT2D eigenvalue weighted by Gasteiger charge is -2.40. The van der Waals surface area contributed by atoms with Crippen molar-refractivity contribution < 1.29 is 9.59 Å². The maximum Gasteiger partial charge on any atom is 0.233 e. The van der Waals surface area contributed by atoms with Gasteiger partial charge in [-0.1, -0.05) is 37.1 Å². The van der Waals surface area contributed by atoms with E-state index in [4.69, 9.17) is 4.37 Å². The fourth-order valence-corrected chi connectivity index (χ4v) is 8.51. The fraction of sp³-hybridized carbons (Fsp3) is 0.607. The highest BCUT2D eigenvalue weighted by Crippen LogP contribution is 2.52. The molecule has 1 aromatic heterocycles. The second kappa shape index (κ2) is 8.70. The van der Waals surface area contributed by atoms with E-state index in [0.717, 1.165) is 51.4 Å². The SMILES string of the molecule is O=C1[C@@H]2[C@H](C(=O)N1CC1CCCC[C@H]1CN1CCN(c3nsc4ccccc34)CC1)[C@@H]1C=C[C@H]2C1. The average Bonchev–Trinajstić information content (AvgIpc) is 3.66. The lowest BCUT2D eigenvalue weighted by atomic mass is 9.78. The summed E-state index contributed by atoms with van der Waals surface area (Å²) >= 11 is 1.59. The van der Waals surface area contributed by atoms with E-state index < -0.39 is 0 Å². The summed E-state index contributed by atoms with van der Waals surface area (Å²) in [4.78, 5) is 33.2. The van der Waals surface area contributed by atoms with E-state index in [9.17, 15) is 9.59 Å². The van der Waals surface area contributed by atoms with Crippen LogP contribution >= 0.6 is 11.5 Å². The molecule has 2 bridgehead atoms. The number of imide groups is 1. The number of hydrogen-bond acceptors (Lipinski definition) is 6. The number of fused-ring (bicyclic) bond motifs is 6. The van der Waals surface area contributed by atoms with Crippen molar-refractivity contribution in [1.82, 2.24) is 14.2 Å². The van der Waals surface area contributed by atoms with Crippen LogP contribution in [0, 0.1) is 35.5 Å². The quantitative estimate of drug-likeness (QED) is 0.468. The van der Waals surface area contributed by atoms with Crippen molar-refractivity contribution in [2.75, 3.05) is 44.2 Å². The molecule has 7 rings (SSSR count). The van der Waals surface area contributed by atoms with Crippen LogP contribution in [0.1, 0.15) is 32.1 Å². The summed E-state index contributed by atoms with van der Waals surface area (Å²) in [6, 6.07) is 8.52. The monoisotopic (exact) mass is 490 g/mol. The second-order valence-electron chi connectivity index (χ2n) is 11.4. The zero-order valence-electron chi connectivity index (χ0n) is 20.2. The molecule has 2 saturated heterocycles. The van der Waals surface area contributed by atoms with E-state index in [1.54, 1.807) is 16.4 Å². The van der Waals surface area contributed by atoms with E-state index in [2.05, 4.69) is 46.2 Å². The van der Waals surface area contributed by atoms with Gasteiger partial charge in [0, 0.05) is 44.7 Å². The number of benzene rings is 1. The number of carbonyl (C=O) groups is 2. The summed E-state index contributed by atoms with van der Waals surface area (Å²) in [5.41, 5.74) is 0. The standard InChI is InChI=1S/C28H34N4O2S/c33-27-24-18-9-10-19(15-18)25(24)28(34)32(27)17-21-6-2-1-5-20(21)16-30-11-13-31(14-12-30)26-22-7-3-4-8-23(22)35-29-26/h3-4,7-10,18-21,24-25H,1-2,5-6,11-17H2/t18-,19+,20-,21?,24-,25+/m0/s1. The van der Waals surface area contributed by atoms with Gasteiger partial charge in [0.05, 0.1) is 16.5 Å². The molecule has 184 valence electrons. The van der Waals surface area contributed by atoms with Gasteiger partial charge in [-0.25, -0.2) is 0 Å². The Labute approximate surface area is 211 Å². The van der Waals surface area contributed by atoms with Crippen LogP contribution in [0.25, 0.3) is 10.1 Å². The number of amides is 2. The molecule has 4 fully saturated rings. The summed E-state index contributed by atoms with van der Waals surface area (Å²) in [6.07, 6.45) is 10.3. The Hall–Kier alpha value is -2.25. The largest absolute Gasteiger partial charge is 0.353 e. The molecule has 0 N–H and O–H groups in total. The Bertz CT molecular complexity index is 1140. The smallest absolute Gasteiger partial charge is 0.233 e. The fourth-order valence-electron chi connectivity index (χ4n) is 7.72. The summed E-state index contributed by atoms with van der Waals surface area (Å²) in [7, 11) is 0. The van der Waals surface area contributed by atoms with Crippen molar-refractivity contribution in [3.63, 3.8) is 0 Å². The molecule has 6 nitrogen and oxygen atoms in total. The molecule has 2 amide bonds. The van der Waals surface area contributed by atoms with Gasteiger partial charge in [0.2, 0.25) is 11.8 Å². The summed E-state index contributed by atoms with van der Waals surface area (Å²) in [5.74, 6) is 2.91. The topological polar surface area (TPSA) is 56.8 Å². The van der Waals surface area contributed by atoms with E-state index in [-0.39, 0.29) is 23.7 Å². The Kier molecular flexibility index (Phi) is 5.46. The number of hydrogen-bond donors (Lipinski definition) is 0. The van der Waals surface area contributed by atoms with Crippen LogP contribution < -0.4 is 4.90 Å². The second-order valence-corrected chi connectivity index (χ2v) is 12.2. The van der Waals surface area contributed by atoms with Gasteiger partial charge in [0.15, 0.2) is 0 Å². The maximum atomic E-state index is 13.2. The molecule has 2 aromatic rings. The number of carbonyl (C=O) groups excluding carboxylic acids is 2. The highest BCUT2D eigenvalue weighted by atomic mass is 32.1. The first kappa shape index (κ1) is 22.0. The zero-order chi connectivity index (χ0) is 23.5.